The highest BCUT2D eigenvalue weighted by molar-refractivity contribution is 5.99. The Hall–Kier alpha value is -3.15. The average molecular weight is 365 g/mol. The number of hydrogen-bond acceptors (Lipinski definition) is 2. The highest BCUT2D eigenvalue weighted by Gasteiger charge is 2.23. The lowest BCUT2D eigenvalue weighted by molar-refractivity contribution is -0.122. The lowest BCUT2D eigenvalue weighted by atomic mass is 10.1. The highest BCUT2D eigenvalue weighted by Crippen LogP contribution is 2.22. The summed E-state index contributed by atoms with van der Waals surface area (Å²) in [6.45, 7) is 0.697. The van der Waals surface area contributed by atoms with Gasteiger partial charge in [0.25, 0.3) is 5.91 Å². The van der Waals surface area contributed by atoms with E-state index in [4.69, 9.17) is 0 Å². The van der Waals surface area contributed by atoms with Crippen molar-refractivity contribution in [2.75, 3.05) is 6.54 Å². The van der Waals surface area contributed by atoms with Gasteiger partial charge in [-0.05, 0) is 24.6 Å². The Balaban J connectivity index is 1.66. The van der Waals surface area contributed by atoms with Crippen LogP contribution in [0, 0.1) is 5.82 Å². The van der Waals surface area contributed by atoms with Crippen LogP contribution in [-0.4, -0.2) is 29.0 Å². The van der Waals surface area contributed by atoms with Gasteiger partial charge in [-0.15, -0.1) is 0 Å². The fourth-order valence-corrected chi connectivity index (χ4v) is 3.48. The third-order valence-corrected chi connectivity index (χ3v) is 4.93. The van der Waals surface area contributed by atoms with Crippen molar-refractivity contribution in [1.29, 1.82) is 0 Å². The van der Waals surface area contributed by atoms with Crippen LogP contribution in [0.5, 0.6) is 0 Å². The van der Waals surface area contributed by atoms with Gasteiger partial charge in [-0.25, -0.2) is 4.39 Å². The summed E-state index contributed by atoms with van der Waals surface area (Å²) in [5, 5.41) is 6.68. The number of piperidine rings is 1. The molecule has 6 heteroatoms. The molecule has 1 aliphatic heterocycles. The predicted molar refractivity (Wildman–Crippen MR) is 101 cm³/mol. The number of amides is 2. The molecule has 1 aliphatic rings. The molecule has 138 valence electrons. The number of halogens is 1. The van der Waals surface area contributed by atoms with Crippen LogP contribution in [0.1, 0.15) is 28.9 Å². The van der Waals surface area contributed by atoms with Crippen molar-refractivity contribution in [3.8, 4) is 0 Å². The van der Waals surface area contributed by atoms with E-state index in [2.05, 4.69) is 10.6 Å². The summed E-state index contributed by atoms with van der Waals surface area (Å²) in [5.74, 6) is -0.505. The van der Waals surface area contributed by atoms with Crippen molar-refractivity contribution in [1.82, 2.24) is 15.2 Å². The molecule has 0 saturated carbocycles. The van der Waals surface area contributed by atoms with Crippen LogP contribution in [0.2, 0.25) is 0 Å². The first kappa shape index (κ1) is 17.3. The normalized spacial score (nSPS) is 16.9. The Morgan fingerprint density at radius 3 is 2.74 bits per heavy atom. The van der Waals surface area contributed by atoms with Gasteiger partial charge in [0, 0.05) is 35.5 Å². The third-order valence-electron chi connectivity index (χ3n) is 4.93. The Morgan fingerprint density at radius 1 is 1.19 bits per heavy atom. The lowest BCUT2D eigenvalue weighted by Crippen LogP contribution is -2.48. The molecule has 1 saturated heterocycles. The van der Waals surface area contributed by atoms with Crippen molar-refractivity contribution in [2.24, 2.45) is 0 Å². The lowest BCUT2D eigenvalue weighted by Gasteiger charge is -2.23. The van der Waals surface area contributed by atoms with E-state index < -0.39 is 0 Å². The summed E-state index contributed by atoms with van der Waals surface area (Å²) in [7, 11) is 0. The zero-order valence-electron chi connectivity index (χ0n) is 14.7. The Bertz CT molecular complexity index is 1000. The zero-order valence-corrected chi connectivity index (χ0v) is 14.7. The van der Waals surface area contributed by atoms with E-state index in [1.165, 1.54) is 6.07 Å². The summed E-state index contributed by atoms with van der Waals surface area (Å²) < 4.78 is 16.0. The molecule has 3 aromatic rings. The van der Waals surface area contributed by atoms with Crippen LogP contribution in [-0.2, 0) is 11.3 Å². The van der Waals surface area contributed by atoms with Gasteiger partial charge in [0.2, 0.25) is 5.91 Å². The Kier molecular flexibility index (Phi) is 4.62. The maximum Gasteiger partial charge on any atom is 0.268 e. The third kappa shape index (κ3) is 3.56. The van der Waals surface area contributed by atoms with Crippen LogP contribution < -0.4 is 10.6 Å². The number of nitrogens with one attached hydrogen (secondary N) is 2. The molecule has 0 spiro atoms. The van der Waals surface area contributed by atoms with Crippen LogP contribution in [0.15, 0.2) is 54.6 Å². The summed E-state index contributed by atoms with van der Waals surface area (Å²) in [6.07, 6.45) is 1.02. The molecule has 27 heavy (non-hydrogen) atoms. The van der Waals surface area contributed by atoms with E-state index in [0.29, 0.717) is 30.6 Å². The van der Waals surface area contributed by atoms with Crippen molar-refractivity contribution >= 4 is 22.7 Å². The number of carbonyl (C=O) groups excluding carboxylic acids is 2. The SMILES string of the molecule is O=C1CCC(NC(=O)c2cc3ccccc3n2Cc2ccccc2F)CN1. The standard InChI is InChI=1S/C21H20FN3O2/c22-17-7-3-1-6-15(17)13-25-18-8-4-2-5-14(18)11-19(25)21(27)24-16-9-10-20(26)23-12-16/h1-8,11,16H,9-10,12-13H2,(H,23,26)(H,24,27). The van der Waals surface area contributed by atoms with E-state index in [1.54, 1.807) is 18.2 Å². The summed E-state index contributed by atoms with van der Waals surface area (Å²) in [4.78, 5) is 24.2. The first-order valence-electron chi connectivity index (χ1n) is 9.01. The van der Waals surface area contributed by atoms with Crippen molar-refractivity contribution in [2.45, 2.75) is 25.4 Å². The quantitative estimate of drug-likeness (QED) is 0.747. The van der Waals surface area contributed by atoms with Gasteiger partial charge < -0.3 is 15.2 Å². The molecule has 4 rings (SSSR count). The maximum absolute atomic E-state index is 14.2. The summed E-state index contributed by atoms with van der Waals surface area (Å²) >= 11 is 0. The monoisotopic (exact) mass is 365 g/mol. The minimum atomic E-state index is -0.295. The van der Waals surface area contributed by atoms with Crippen LogP contribution >= 0.6 is 0 Å². The second-order valence-electron chi connectivity index (χ2n) is 6.78. The molecule has 1 unspecified atom stereocenters. The van der Waals surface area contributed by atoms with Gasteiger partial charge in [-0.2, -0.15) is 0 Å². The average Bonchev–Trinajstić information content (AvgIpc) is 3.04. The first-order valence-corrected chi connectivity index (χ1v) is 9.01. The molecule has 2 aromatic carbocycles. The highest BCUT2D eigenvalue weighted by atomic mass is 19.1. The van der Waals surface area contributed by atoms with Crippen LogP contribution in [0.3, 0.4) is 0 Å². The van der Waals surface area contributed by atoms with Gasteiger partial charge in [0.05, 0.1) is 6.54 Å². The predicted octanol–water partition coefficient (Wildman–Crippen LogP) is 2.84. The number of carbonyl (C=O) groups is 2. The van der Waals surface area contributed by atoms with Gasteiger partial charge >= 0.3 is 0 Å². The minimum absolute atomic E-state index is 0.00849. The number of aromatic nitrogens is 1. The molecule has 2 amide bonds. The van der Waals surface area contributed by atoms with Crippen molar-refractivity contribution in [3.63, 3.8) is 0 Å². The number of benzene rings is 2. The number of para-hydroxylation sites is 1. The topological polar surface area (TPSA) is 63.1 Å². The minimum Gasteiger partial charge on any atom is -0.354 e. The smallest absolute Gasteiger partial charge is 0.268 e. The summed E-state index contributed by atoms with van der Waals surface area (Å²) in [6, 6.07) is 16.0. The van der Waals surface area contributed by atoms with E-state index in [0.717, 1.165) is 10.9 Å². The van der Waals surface area contributed by atoms with Crippen LogP contribution in [0.4, 0.5) is 4.39 Å². The molecular weight excluding hydrogens is 345 g/mol. The molecular formula is C21H20FN3O2. The largest absolute Gasteiger partial charge is 0.354 e. The molecule has 1 fully saturated rings. The van der Waals surface area contributed by atoms with Gasteiger partial charge in [-0.3, -0.25) is 9.59 Å². The van der Waals surface area contributed by atoms with Crippen LogP contribution in [0.25, 0.3) is 10.9 Å². The number of rotatable bonds is 4. The van der Waals surface area contributed by atoms with Gasteiger partial charge in [0.1, 0.15) is 11.5 Å². The van der Waals surface area contributed by atoms with E-state index in [1.807, 2.05) is 34.9 Å². The van der Waals surface area contributed by atoms with Crippen molar-refractivity contribution in [3.05, 3.63) is 71.7 Å². The van der Waals surface area contributed by atoms with Crippen molar-refractivity contribution < 1.29 is 14.0 Å². The van der Waals surface area contributed by atoms with Gasteiger partial charge in [0.15, 0.2) is 0 Å². The first-order chi connectivity index (χ1) is 13.1. The fourth-order valence-electron chi connectivity index (χ4n) is 3.48. The van der Waals surface area contributed by atoms with E-state index >= 15 is 0 Å². The summed E-state index contributed by atoms with van der Waals surface area (Å²) in [5.41, 5.74) is 1.89. The molecule has 2 heterocycles. The zero-order chi connectivity index (χ0) is 18.8. The fraction of sp³-hybridized carbons (Fsp3) is 0.238. The van der Waals surface area contributed by atoms with Gasteiger partial charge in [-0.1, -0.05) is 36.4 Å². The number of fused-ring (bicyclic) bond motifs is 1. The molecule has 0 radical (unpaired) electrons. The number of hydrogen-bond donors (Lipinski definition) is 2. The maximum atomic E-state index is 14.2. The Morgan fingerprint density at radius 2 is 1.96 bits per heavy atom. The van der Waals surface area contributed by atoms with E-state index in [9.17, 15) is 14.0 Å². The molecule has 2 N–H and O–H groups in total. The molecule has 1 aromatic heterocycles. The molecule has 1 atom stereocenters. The second-order valence-corrected chi connectivity index (χ2v) is 6.78. The second kappa shape index (κ2) is 7.23. The molecule has 0 aliphatic carbocycles. The molecule has 5 nitrogen and oxygen atoms in total. The number of nitrogens with zero attached hydrogens (tertiary/aromatic N) is 1. The Labute approximate surface area is 156 Å². The van der Waals surface area contributed by atoms with E-state index in [-0.39, 0.29) is 30.2 Å². The molecule has 0 bridgehead atoms.